The van der Waals surface area contributed by atoms with E-state index in [0.29, 0.717) is 38.0 Å². The number of hydrogen-bond donors (Lipinski definition) is 4. The van der Waals surface area contributed by atoms with Gasteiger partial charge in [0.05, 0.1) is 6.04 Å². The van der Waals surface area contributed by atoms with E-state index in [4.69, 9.17) is 0 Å². The number of rotatable bonds is 9. The molecule has 5 rings (SSSR count). The van der Waals surface area contributed by atoms with Crippen molar-refractivity contribution < 1.29 is 24.0 Å². The van der Waals surface area contributed by atoms with Crippen molar-refractivity contribution in [3.63, 3.8) is 0 Å². The minimum Gasteiger partial charge on any atom is -0.356 e. The molecule has 2 aliphatic rings. The van der Waals surface area contributed by atoms with E-state index in [-0.39, 0.29) is 30.2 Å². The predicted molar refractivity (Wildman–Crippen MR) is 157 cm³/mol. The Hall–Kier alpha value is -4.47. The number of amides is 4. The Labute approximate surface area is 244 Å². The van der Waals surface area contributed by atoms with Crippen LogP contribution in [-0.4, -0.2) is 64.5 Å². The fourth-order valence-electron chi connectivity index (χ4n) is 5.81. The number of hydrogen-bond acceptors (Lipinski definition) is 5. The number of aromatic nitrogens is 1. The maximum atomic E-state index is 13.9. The number of nitrogens with zero attached hydrogens (tertiary/aromatic N) is 1. The average molecular weight is 572 g/mol. The van der Waals surface area contributed by atoms with Crippen molar-refractivity contribution in [3.05, 3.63) is 71.9 Å². The summed E-state index contributed by atoms with van der Waals surface area (Å²) in [6.45, 7) is 5.07. The molecule has 2 fully saturated rings. The van der Waals surface area contributed by atoms with Crippen molar-refractivity contribution in [1.29, 1.82) is 0 Å². The number of fused-ring (bicyclic) bond motifs is 1. The number of Topliss-reactive ketones (excluding diaryl/α,β-unsaturated/α-hetero) is 1. The quantitative estimate of drug-likeness (QED) is 0.293. The van der Waals surface area contributed by atoms with E-state index in [1.807, 2.05) is 68.4 Å². The Morgan fingerprint density at radius 3 is 2.50 bits per heavy atom. The maximum absolute atomic E-state index is 13.9. The molecule has 42 heavy (non-hydrogen) atoms. The highest BCUT2D eigenvalue weighted by Crippen LogP contribution is 2.35. The molecule has 0 radical (unpaired) electrons. The third-order valence-electron chi connectivity index (χ3n) is 8.31. The Morgan fingerprint density at radius 2 is 1.79 bits per heavy atom. The summed E-state index contributed by atoms with van der Waals surface area (Å²) in [5.74, 6) is -3.19. The molecule has 0 bridgehead atoms. The molecule has 3 heterocycles. The first-order valence-electron chi connectivity index (χ1n) is 14.4. The smallest absolute Gasteiger partial charge is 0.289 e. The molecule has 1 aromatic heterocycles. The third kappa shape index (κ3) is 6.53. The number of nitrogens with one attached hydrogen (secondary N) is 4. The van der Waals surface area contributed by atoms with Crippen molar-refractivity contribution in [2.75, 3.05) is 13.1 Å². The van der Waals surface area contributed by atoms with Crippen LogP contribution < -0.4 is 16.0 Å². The summed E-state index contributed by atoms with van der Waals surface area (Å²) >= 11 is 0. The molecule has 2 unspecified atom stereocenters. The van der Waals surface area contributed by atoms with Gasteiger partial charge in [-0.2, -0.15) is 0 Å². The van der Waals surface area contributed by atoms with Crippen molar-refractivity contribution in [1.82, 2.24) is 25.8 Å². The number of carbonyl (C=O) groups is 5. The van der Waals surface area contributed by atoms with E-state index in [2.05, 4.69) is 20.9 Å². The van der Waals surface area contributed by atoms with Crippen molar-refractivity contribution >= 4 is 40.3 Å². The average Bonchev–Trinajstić information content (AvgIpc) is 3.60. The molecule has 0 spiro atoms. The summed E-state index contributed by atoms with van der Waals surface area (Å²) in [5, 5.41) is 9.05. The molecule has 0 saturated carbocycles. The van der Waals surface area contributed by atoms with Gasteiger partial charge < -0.3 is 25.8 Å². The SMILES string of the molecule is CC1(C)CCN(C(=O)c2cc3ccccc3[nH]2)[C@H](C(=O)NC(CC2CCNC2=O)C(=O)C(=O)NCc2ccccc2)C1. The summed E-state index contributed by atoms with van der Waals surface area (Å²) in [6.07, 6.45) is 1.60. The number of ketones is 1. The zero-order valence-corrected chi connectivity index (χ0v) is 23.9. The summed E-state index contributed by atoms with van der Waals surface area (Å²) in [6, 6.07) is 16.4. The molecule has 10 nitrogen and oxygen atoms in total. The Bertz CT molecular complexity index is 1460. The van der Waals surface area contributed by atoms with E-state index in [9.17, 15) is 24.0 Å². The van der Waals surface area contributed by atoms with Gasteiger partial charge in [0.25, 0.3) is 11.8 Å². The fourth-order valence-corrected chi connectivity index (χ4v) is 5.81. The number of likely N-dealkylation sites (tertiary alicyclic amines) is 1. The molecular formula is C32H37N5O5. The number of H-pyrrole nitrogens is 1. The minimum atomic E-state index is -1.21. The van der Waals surface area contributed by atoms with E-state index < -0.39 is 35.6 Å². The number of piperidine rings is 1. The molecule has 0 aliphatic carbocycles. The summed E-state index contributed by atoms with van der Waals surface area (Å²) in [4.78, 5) is 71.0. The van der Waals surface area contributed by atoms with Gasteiger partial charge in [-0.15, -0.1) is 0 Å². The number of para-hydroxylation sites is 1. The van der Waals surface area contributed by atoms with E-state index in [1.165, 1.54) is 0 Å². The highest BCUT2D eigenvalue weighted by molar-refractivity contribution is 6.38. The number of carbonyl (C=O) groups excluding carboxylic acids is 5. The van der Waals surface area contributed by atoms with Crippen LogP contribution in [0.4, 0.5) is 0 Å². The van der Waals surface area contributed by atoms with Gasteiger partial charge in [0.2, 0.25) is 17.6 Å². The van der Waals surface area contributed by atoms with E-state index in [0.717, 1.165) is 16.5 Å². The predicted octanol–water partition coefficient (Wildman–Crippen LogP) is 2.70. The lowest BCUT2D eigenvalue weighted by Crippen LogP contribution is -2.58. The second-order valence-corrected chi connectivity index (χ2v) is 12.0. The lowest BCUT2D eigenvalue weighted by Gasteiger charge is -2.42. The second-order valence-electron chi connectivity index (χ2n) is 12.0. The van der Waals surface area contributed by atoms with Gasteiger partial charge in [0.1, 0.15) is 11.7 Å². The normalized spacial score (nSPS) is 20.5. The van der Waals surface area contributed by atoms with Gasteiger partial charge in [0, 0.05) is 36.5 Å². The Kier molecular flexibility index (Phi) is 8.42. The molecule has 2 saturated heterocycles. The molecular weight excluding hydrogens is 534 g/mol. The molecule has 3 aromatic rings. The van der Waals surface area contributed by atoms with Crippen LogP contribution in [0.5, 0.6) is 0 Å². The third-order valence-corrected chi connectivity index (χ3v) is 8.31. The monoisotopic (exact) mass is 571 g/mol. The zero-order chi connectivity index (χ0) is 29.9. The van der Waals surface area contributed by atoms with Crippen LogP contribution in [0.1, 0.15) is 55.6 Å². The standard InChI is InChI=1S/C32H37N5O5/c1-32(2)13-15-37(31(42)25-16-21-10-6-7-11-23(21)35-25)26(18-32)29(40)36-24(17-22-12-14-33-28(22)39)27(38)30(41)34-19-20-8-4-3-5-9-20/h3-11,16,22,24,26,35H,12-15,17-19H2,1-2H3,(H,33,39)(H,34,41)(H,36,40)/t22?,24?,26-/m0/s1. The molecule has 3 atom stereocenters. The highest BCUT2D eigenvalue weighted by Gasteiger charge is 2.42. The van der Waals surface area contributed by atoms with Crippen molar-refractivity contribution in [2.24, 2.45) is 11.3 Å². The maximum Gasteiger partial charge on any atom is 0.289 e. The Morgan fingerprint density at radius 1 is 1.05 bits per heavy atom. The molecule has 10 heteroatoms. The fraction of sp³-hybridized carbons (Fsp3) is 0.406. The van der Waals surface area contributed by atoms with E-state index >= 15 is 0 Å². The van der Waals surface area contributed by atoms with Gasteiger partial charge in [-0.05, 0) is 48.8 Å². The molecule has 4 amide bonds. The molecule has 2 aromatic carbocycles. The number of benzene rings is 2. The lowest BCUT2D eigenvalue weighted by atomic mass is 9.78. The van der Waals surface area contributed by atoms with Crippen LogP contribution in [0, 0.1) is 11.3 Å². The summed E-state index contributed by atoms with van der Waals surface area (Å²) in [7, 11) is 0. The van der Waals surface area contributed by atoms with Crippen LogP contribution in [0.3, 0.4) is 0 Å². The highest BCUT2D eigenvalue weighted by atomic mass is 16.2. The van der Waals surface area contributed by atoms with Gasteiger partial charge in [0.15, 0.2) is 0 Å². The van der Waals surface area contributed by atoms with Crippen LogP contribution in [0.25, 0.3) is 10.9 Å². The first kappa shape index (κ1) is 29.0. The zero-order valence-electron chi connectivity index (χ0n) is 23.9. The number of aromatic amines is 1. The topological polar surface area (TPSA) is 140 Å². The van der Waals surface area contributed by atoms with Gasteiger partial charge in [-0.3, -0.25) is 24.0 Å². The van der Waals surface area contributed by atoms with Crippen LogP contribution in [0.15, 0.2) is 60.7 Å². The minimum absolute atomic E-state index is 0.00123. The first-order chi connectivity index (χ1) is 20.1. The van der Waals surface area contributed by atoms with Gasteiger partial charge in [-0.1, -0.05) is 62.4 Å². The van der Waals surface area contributed by atoms with Crippen LogP contribution in [-0.2, 0) is 25.7 Å². The van der Waals surface area contributed by atoms with Gasteiger partial charge in [-0.25, -0.2) is 0 Å². The molecule has 4 N–H and O–H groups in total. The van der Waals surface area contributed by atoms with Crippen LogP contribution in [0.2, 0.25) is 0 Å². The summed E-state index contributed by atoms with van der Waals surface area (Å²) in [5.41, 5.74) is 1.80. The van der Waals surface area contributed by atoms with E-state index in [1.54, 1.807) is 11.0 Å². The van der Waals surface area contributed by atoms with Crippen LogP contribution >= 0.6 is 0 Å². The molecule has 2 aliphatic heterocycles. The van der Waals surface area contributed by atoms with Crippen molar-refractivity contribution in [3.8, 4) is 0 Å². The second kappa shape index (κ2) is 12.2. The van der Waals surface area contributed by atoms with Gasteiger partial charge >= 0.3 is 0 Å². The summed E-state index contributed by atoms with van der Waals surface area (Å²) < 4.78 is 0. The Balaban J connectivity index is 1.35. The lowest BCUT2D eigenvalue weighted by molar-refractivity contribution is -0.141. The molecule has 220 valence electrons. The van der Waals surface area contributed by atoms with Crippen molar-refractivity contribution in [2.45, 2.75) is 58.2 Å². The largest absolute Gasteiger partial charge is 0.356 e. The first-order valence-corrected chi connectivity index (χ1v) is 14.4.